The minimum Gasteiger partial charge on any atom is -0.373 e. The topological polar surface area (TPSA) is 6.48 Å². The number of para-hydroxylation sites is 1. The van der Waals surface area contributed by atoms with Crippen LogP contribution in [0.25, 0.3) is 0 Å². The summed E-state index contributed by atoms with van der Waals surface area (Å²) >= 11 is 0. The van der Waals surface area contributed by atoms with Gasteiger partial charge in [0.1, 0.15) is 0 Å². The Morgan fingerprint density at radius 2 is 1.60 bits per heavy atom. The summed E-state index contributed by atoms with van der Waals surface area (Å²) in [4.78, 5) is 5.04. The van der Waals surface area contributed by atoms with Crippen molar-refractivity contribution >= 4 is 5.69 Å². The fourth-order valence-corrected chi connectivity index (χ4v) is 3.69. The Kier molecular flexibility index (Phi) is 2.78. The zero-order chi connectivity index (χ0) is 13.5. The van der Waals surface area contributed by atoms with Crippen molar-refractivity contribution in [3.8, 4) is 0 Å². The van der Waals surface area contributed by atoms with Gasteiger partial charge in [0.25, 0.3) is 0 Å². The number of likely N-dealkylation sites (N-methyl/N-ethyl adjacent to an activating group) is 1. The van der Waals surface area contributed by atoms with Gasteiger partial charge >= 0.3 is 0 Å². The molecule has 1 atom stereocenters. The van der Waals surface area contributed by atoms with E-state index in [0.29, 0.717) is 6.04 Å². The summed E-state index contributed by atoms with van der Waals surface area (Å²) in [6.45, 7) is 3.42. The molecule has 2 nitrogen and oxygen atoms in total. The van der Waals surface area contributed by atoms with Crippen LogP contribution in [0.3, 0.4) is 0 Å². The lowest BCUT2D eigenvalue weighted by Crippen LogP contribution is -2.37. The molecule has 0 bridgehead atoms. The van der Waals surface area contributed by atoms with E-state index < -0.39 is 0 Å². The van der Waals surface area contributed by atoms with Gasteiger partial charge in [0.05, 0.1) is 6.04 Å². The normalized spacial score (nSPS) is 21.6. The average molecular weight is 264 g/mol. The largest absolute Gasteiger partial charge is 0.373 e. The lowest BCUT2D eigenvalue weighted by Gasteiger charge is -2.36. The highest BCUT2D eigenvalue weighted by atomic mass is 15.2. The Labute approximate surface area is 120 Å². The summed E-state index contributed by atoms with van der Waals surface area (Å²) in [6.07, 6.45) is 1.18. The quantitative estimate of drug-likeness (QED) is 0.721. The zero-order valence-electron chi connectivity index (χ0n) is 11.9. The zero-order valence-corrected chi connectivity index (χ0v) is 11.9. The van der Waals surface area contributed by atoms with Gasteiger partial charge in [-0.05, 0) is 29.2 Å². The molecule has 20 heavy (non-hydrogen) atoms. The summed E-state index contributed by atoms with van der Waals surface area (Å²) in [5.74, 6) is 0. The summed E-state index contributed by atoms with van der Waals surface area (Å²) in [5, 5.41) is 0. The van der Waals surface area contributed by atoms with Gasteiger partial charge in [0.15, 0.2) is 0 Å². The van der Waals surface area contributed by atoms with Crippen LogP contribution >= 0.6 is 0 Å². The molecular formula is C18H20N2. The second kappa shape index (κ2) is 4.64. The Hall–Kier alpha value is -1.80. The average Bonchev–Trinajstić information content (AvgIpc) is 2.65. The molecule has 2 aliphatic rings. The van der Waals surface area contributed by atoms with Gasteiger partial charge in [-0.3, -0.25) is 4.90 Å². The van der Waals surface area contributed by atoms with Gasteiger partial charge in [-0.2, -0.15) is 0 Å². The lowest BCUT2D eigenvalue weighted by molar-refractivity contribution is 0.224. The van der Waals surface area contributed by atoms with Gasteiger partial charge < -0.3 is 4.90 Å². The number of benzene rings is 2. The number of hydrogen-bond acceptors (Lipinski definition) is 2. The fourth-order valence-electron chi connectivity index (χ4n) is 3.69. The molecule has 2 aliphatic heterocycles. The van der Waals surface area contributed by atoms with Crippen molar-refractivity contribution < 1.29 is 0 Å². The molecule has 102 valence electrons. The van der Waals surface area contributed by atoms with E-state index in [1.54, 1.807) is 0 Å². The summed E-state index contributed by atoms with van der Waals surface area (Å²) in [5.41, 5.74) is 5.87. The first kappa shape index (κ1) is 12.0. The third kappa shape index (κ3) is 1.75. The maximum Gasteiger partial charge on any atom is 0.0625 e. The van der Waals surface area contributed by atoms with Crippen molar-refractivity contribution in [1.29, 1.82) is 0 Å². The molecule has 0 fully saturated rings. The van der Waals surface area contributed by atoms with Gasteiger partial charge in [-0.15, -0.1) is 0 Å². The maximum absolute atomic E-state index is 2.64. The third-order valence-electron chi connectivity index (χ3n) is 4.75. The molecule has 0 saturated heterocycles. The van der Waals surface area contributed by atoms with Gasteiger partial charge in [-0.1, -0.05) is 42.5 Å². The SMILES string of the molecule is CN1CCN2CCc3ccccc3[C@H]2c2ccccc21. The van der Waals surface area contributed by atoms with Crippen molar-refractivity contribution in [2.24, 2.45) is 0 Å². The molecule has 0 amide bonds. The van der Waals surface area contributed by atoms with Crippen molar-refractivity contribution in [2.75, 3.05) is 31.6 Å². The molecule has 0 aliphatic carbocycles. The van der Waals surface area contributed by atoms with Crippen molar-refractivity contribution in [3.63, 3.8) is 0 Å². The second-order valence-corrected chi connectivity index (χ2v) is 5.87. The third-order valence-corrected chi connectivity index (χ3v) is 4.75. The van der Waals surface area contributed by atoms with Crippen LogP contribution in [-0.4, -0.2) is 31.6 Å². The number of anilines is 1. The Bertz CT molecular complexity index is 635. The molecule has 0 unspecified atom stereocenters. The Balaban J connectivity index is 1.92. The highest BCUT2D eigenvalue weighted by Gasteiger charge is 2.32. The first-order valence-corrected chi connectivity index (χ1v) is 7.46. The van der Waals surface area contributed by atoms with E-state index in [-0.39, 0.29) is 0 Å². The first-order chi connectivity index (χ1) is 9.84. The first-order valence-electron chi connectivity index (χ1n) is 7.46. The van der Waals surface area contributed by atoms with Gasteiger partial charge in [0.2, 0.25) is 0 Å². The molecule has 0 saturated carbocycles. The number of nitrogens with zero attached hydrogens (tertiary/aromatic N) is 2. The second-order valence-electron chi connectivity index (χ2n) is 5.87. The molecule has 0 N–H and O–H groups in total. The molecule has 2 heteroatoms. The van der Waals surface area contributed by atoms with Crippen LogP contribution in [-0.2, 0) is 6.42 Å². The van der Waals surface area contributed by atoms with Crippen LogP contribution in [0.2, 0.25) is 0 Å². The predicted molar refractivity (Wildman–Crippen MR) is 83.3 cm³/mol. The standard InChI is InChI=1S/C18H20N2/c1-19-12-13-20-11-10-14-6-2-3-7-15(14)18(20)16-8-4-5-9-17(16)19/h2-9,18H,10-13H2,1H3/t18-/m0/s1. The Morgan fingerprint density at radius 3 is 2.50 bits per heavy atom. The predicted octanol–water partition coefficient (Wildman–Crippen LogP) is 3.08. The molecular weight excluding hydrogens is 244 g/mol. The molecule has 0 aromatic heterocycles. The molecule has 2 aromatic rings. The fraction of sp³-hybridized carbons (Fsp3) is 0.333. The minimum atomic E-state index is 0.432. The minimum absolute atomic E-state index is 0.432. The summed E-state index contributed by atoms with van der Waals surface area (Å²) in [7, 11) is 2.21. The molecule has 4 rings (SSSR count). The monoisotopic (exact) mass is 264 g/mol. The molecule has 2 heterocycles. The van der Waals surface area contributed by atoms with Crippen molar-refractivity contribution in [2.45, 2.75) is 12.5 Å². The summed E-state index contributed by atoms with van der Waals surface area (Å²) < 4.78 is 0. The van der Waals surface area contributed by atoms with E-state index in [1.807, 2.05) is 0 Å². The van der Waals surface area contributed by atoms with E-state index in [2.05, 4.69) is 65.4 Å². The van der Waals surface area contributed by atoms with Crippen LogP contribution in [0.5, 0.6) is 0 Å². The maximum atomic E-state index is 2.64. The number of hydrogen-bond donors (Lipinski definition) is 0. The van der Waals surface area contributed by atoms with E-state index in [9.17, 15) is 0 Å². The van der Waals surface area contributed by atoms with Gasteiger partial charge in [0, 0.05) is 32.4 Å². The molecule has 0 radical (unpaired) electrons. The van der Waals surface area contributed by atoms with Crippen LogP contribution < -0.4 is 4.90 Å². The van der Waals surface area contributed by atoms with Crippen molar-refractivity contribution in [3.05, 3.63) is 65.2 Å². The van der Waals surface area contributed by atoms with Crippen LogP contribution in [0, 0.1) is 0 Å². The Morgan fingerprint density at radius 1 is 0.850 bits per heavy atom. The van der Waals surface area contributed by atoms with Gasteiger partial charge in [-0.25, -0.2) is 0 Å². The van der Waals surface area contributed by atoms with E-state index in [1.165, 1.54) is 35.3 Å². The summed E-state index contributed by atoms with van der Waals surface area (Å²) in [6, 6.07) is 18.3. The smallest absolute Gasteiger partial charge is 0.0625 e. The lowest BCUT2D eigenvalue weighted by atomic mass is 9.88. The number of fused-ring (bicyclic) bond motifs is 5. The van der Waals surface area contributed by atoms with Crippen LogP contribution in [0.1, 0.15) is 22.7 Å². The van der Waals surface area contributed by atoms with E-state index >= 15 is 0 Å². The van der Waals surface area contributed by atoms with E-state index in [0.717, 1.165) is 13.1 Å². The van der Waals surface area contributed by atoms with Crippen molar-refractivity contribution in [1.82, 2.24) is 4.90 Å². The highest BCUT2D eigenvalue weighted by Crippen LogP contribution is 2.40. The van der Waals surface area contributed by atoms with Crippen LogP contribution in [0.4, 0.5) is 5.69 Å². The van der Waals surface area contributed by atoms with Crippen LogP contribution in [0.15, 0.2) is 48.5 Å². The molecule has 0 spiro atoms. The molecule has 2 aromatic carbocycles. The number of rotatable bonds is 0. The highest BCUT2D eigenvalue weighted by molar-refractivity contribution is 5.58. The van der Waals surface area contributed by atoms with E-state index in [4.69, 9.17) is 0 Å².